The van der Waals surface area contributed by atoms with Gasteiger partial charge in [0.1, 0.15) is 5.75 Å². The molecule has 0 aliphatic rings. The summed E-state index contributed by atoms with van der Waals surface area (Å²) < 4.78 is 5.75. The van der Waals surface area contributed by atoms with E-state index in [1.54, 1.807) is 0 Å². The van der Waals surface area contributed by atoms with Crippen molar-refractivity contribution in [3.63, 3.8) is 0 Å². The molecular formula is C15H19ClO. The summed E-state index contributed by atoms with van der Waals surface area (Å²) in [5.74, 6) is 8.12. The molecule has 1 aromatic rings. The van der Waals surface area contributed by atoms with Gasteiger partial charge in [-0.1, -0.05) is 31.8 Å². The van der Waals surface area contributed by atoms with E-state index in [0.29, 0.717) is 24.8 Å². The second-order valence-corrected chi connectivity index (χ2v) is 4.82. The molecule has 0 atom stereocenters. The summed E-state index contributed by atoms with van der Waals surface area (Å²) in [6.07, 6.45) is 0.707. The zero-order valence-corrected chi connectivity index (χ0v) is 11.5. The number of hydrogen-bond acceptors (Lipinski definition) is 1. The lowest BCUT2D eigenvalue weighted by Gasteiger charge is -2.10. The standard InChI is InChI=1S/C15H19ClO/c1-12(2)11-17-15-8-7-13(3)10-14(15)6-4-5-9-16/h7-8,10,12H,5,9,11H2,1-3H3. The lowest BCUT2D eigenvalue weighted by Crippen LogP contribution is -2.05. The molecule has 2 heteroatoms. The number of ether oxygens (including phenoxy) is 1. The molecule has 0 saturated carbocycles. The molecule has 0 aliphatic heterocycles. The highest BCUT2D eigenvalue weighted by Crippen LogP contribution is 2.19. The Kier molecular flexibility index (Phi) is 5.94. The molecule has 92 valence electrons. The van der Waals surface area contributed by atoms with Crippen LogP contribution >= 0.6 is 11.6 Å². The first-order valence-electron chi connectivity index (χ1n) is 5.91. The zero-order valence-electron chi connectivity index (χ0n) is 10.7. The number of hydrogen-bond donors (Lipinski definition) is 0. The largest absolute Gasteiger partial charge is 0.492 e. The van der Waals surface area contributed by atoms with Crippen molar-refractivity contribution >= 4 is 11.6 Å². The Balaban J connectivity index is 2.85. The van der Waals surface area contributed by atoms with E-state index in [0.717, 1.165) is 11.3 Å². The number of halogens is 1. The van der Waals surface area contributed by atoms with Gasteiger partial charge in [-0.15, -0.1) is 11.6 Å². The fourth-order valence-corrected chi connectivity index (χ4v) is 1.42. The summed E-state index contributed by atoms with van der Waals surface area (Å²) in [7, 11) is 0. The van der Waals surface area contributed by atoms with Crippen LogP contribution in [-0.2, 0) is 0 Å². The Morgan fingerprint density at radius 1 is 1.35 bits per heavy atom. The minimum absolute atomic E-state index is 0.514. The third-order valence-corrected chi connectivity index (χ3v) is 2.34. The predicted molar refractivity (Wildman–Crippen MR) is 73.7 cm³/mol. The molecule has 0 spiro atoms. The Morgan fingerprint density at radius 3 is 2.76 bits per heavy atom. The van der Waals surface area contributed by atoms with Crippen LogP contribution in [0.15, 0.2) is 18.2 Å². The van der Waals surface area contributed by atoms with E-state index in [4.69, 9.17) is 16.3 Å². The minimum atomic E-state index is 0.514. The summed E-state index contributed by atoms with van der Waals surface area (Å²) in [4.78, 5) is 0. The Bertz CT molecular complexity index is 413. The number of benzene rings is 1. The van der Waals surface area contributed by atoms with Crippen molar-refractivity contribution in [2.75, 3.05) is 12.5 Å². The van der Waals surface area contributed by atoms with Gasteiger partial charge >= 0.3 is 0 Å². The molecule has 0 heterocycles. The smallest absolute Gasteiger partial charge is 0.134 e. The normalized spacial score (nSPS) is 9.94. The van der Waals surface area contributed by atoms with Gasteiger partial charge in [0.2, 0.25) is 0 Å². The highest BCUT2D eigenvalue weighted by molar-refractivity contribution is 6.18. The maximum absolute atomic E-state index is 5.75. The van der Waals surface area contributed by atoms with Crippen molar-refractivity contribution in [1.82, 2.24) is 0 Å². The van der Waals surface area contributed by atoms with Crippen molar-refractivity contribution in [1.29, 1.82) is 0 Å². The highest BCUT2D eigenvalue weighted by Gasteiger charge is 2.03. The van der Waals surface area contributed by atoms with Crippen LogP contribution in [-0.4, -0.2) is 12.5 Å². The van der Waals surface area contributed by atoms with Crippen molar-refractivity contribution < 1.29 is 4.74 Å². The molecule has 0 amide bonds. The number of rotatable bonds is 4. The van der Waals surface area contributed by atoms with Gasteiger partial charge in [-0.25, -0.2) is 0 Å². The lowest BCUT2D eigenvalue weighted by molar-refractivity contribution is 0.270. The van der Waals surface area contributed by atoms with Crippen LogP contribution in [0.1, 0.15) is 31.4 Å². The first-order chi connectivity index (χ1) is 8.13. The number of aryl methyl sites for hydroxylation is 1. The quantitative estimate of drug-likeness (QED) is 0.580. The zero-order chi connectivity index (χ0) is 12.7. The molecule has 0 bridgehead atoms. The van der Waals surface area contributed by atoms with E-state index < -0.39 is 0 Å². The van der Waals surface area contributed by atoms with Gasteiger partial charge in [-0.3, -0.25) is 0 Å². The molecule has 0 aliphatic carbocycles. The van der Waals surface area contributed by atoms with Crippen LogP contribution in [0.4, 0.5) is 0 Å². The summed E-state index contributed by atoms with van der Waals surface area (Å²) in [6, 6.07) is 6.09. The van der Waals surface area contributed by atoms with E-state index in [1.807, 2.05) is 12.1 Å². The monoisotopic (exact) mass is 250 g/mol. The van der Waals surface area contributed by atoms with Crippen molar-refractivity contribution in [2.45, 2.75) is 27.2 Å². The van der Waals surface area contributed by atoms with Crippen LogP contribution in [0.5, 0.6) is 5.75 Å². The maximum atomic E-state index is 5.75. The first-order valence-corrected chi connectivity index (χ1v) is 6.45. The number of alkyl halides is 1. The van der Waals surface area contributed by atoms with E-state index in [-0.39, 0.29) is 0 Å². The molecular weight excluding hydrogens is 232 g/mol. The fourth-order valence-electron chi connectivity index (χ4n) is 1.33. The summed E-state index contributed by atoms with van der Waals surface area (Å²) in [5, 5.41) is 0. The van der Waals surface area contributed by atoms with Gasteiger partial charge in [0, 0.05) is 12.3 Å². The highest BCUT2D eigenvalue weighted by atomic mass is 35.5. The topological polar surface area (TPSA) is 9.23 Å². The molecule has 17 heavy (non-hydrogen) atoms. The molecule has 0 unspecified atom stereocenters. The summed E-state index contributed by atoms with van der Waals surface area (Å²) in [6.45, 7) is 7.03. The molecule has 0 fully saturated rings. The van der Waals surface area contributed by atoms with Gasteiger partial charge in [-0.05, 0) is 30.5 Å². The minimum Gasteiger partial charge on any atom is -0.492 e. The van der Waals surface area contributed by atoms with Crippen LogP contribution in [0, 0.1) is 24.7 Å². The first kappa shape index (κ1) is 13.9. The molecule has 0 aromatic heterocycles. The molecule has 1 nitrogen and oxygen atoms in total. The van der Waals surface area contributed by atoms with Gasteiger partial charge in [-0.2, -0.15) is 0 Å². The Labute approximate surface area is 109 Å². The second kappa shape index (κ2) is 7.25. The predicted octanol–water partition coefficient (Wildman–Crippen LogP) is 4.01. The van der Waals surface area contributed by atoms with Gasteiger partial charge in [0.05, 0.1) is 12.2 Å². The van der Waals surface area contributed by atoms with Gasteiger partial charge < -0.3 is 4.74 Å². The average Bonchev–Trinajstić information content (AvgIpc) is 2.28. The maximum Gasteiger partial charge on any atom is 0.134 e. The van der Waals surface area contributed by atoms with E-state index >= 15 is 0 Å². The van der Waals surface area contributed by atoms with Gasteiger partial charge in [0.15, 0.2) is 0 Å². The molecule has 0 radical (unpaired) electrons. The Hall–Kier alpha value is -1.13. The van der Waals surface area contributed by atoms with Crippen LogP contribution < -0.4 is 4.74 Å². The van der Waals surface area contributed by atoms with Crippen LogP contribution in [0.2, 0.25) is 0 Å². The SMILES string of the molecule is Cc1ccc(OCC(C)C)c(C#CCCCl)c1. The van der Waals surface area contributed by atoms with Crippen LogP contribution in [0.3, 0.4) is 0 Å². The van der Waals surface area contributed by atoms with E-state index in [1.165, 1.54) is 5.56 Å². The molecule has 1 rings (SSSR count). The van der Waals surface area contributed by atoms with Crippen molar-refractivity contribution in [3.8, 4) is 17.6 Å². The van der Waals surface area contributed by atoms with Crippen molar-refractivity contribution in [2.24, 2.45) is 5.92 Å². The Morgan fingerprint density at radius 2 is 2.12 bits per heavy atom. The summed E-state index contributed by atoms with van der Waals surface area (Å²) >= 11 is 5.61. The summed E-state index contributed by atoms with van der Waals surface area (Å²) in [5.41, 5.74) is 2.15. The van der Waals surface area contributed by atoms with E-state index in [9.17, 15) is 0 Å². The molecule has 0 N–H and O–H groups in total. The van der Waals surface area contributed by atoms with Crippen molar-refractivity contribution in [3.05, 3.63) is 29.3 Å². The lowest BCUT2D eigenvalue weighted by atomic mass is 10.1. The van der Waals surface area contributed by atoms with E-state index in [2.05, 4.69) is 38.7 Å². The molecule has 0 saturated heterocycles. The average molecular weight is 251 g/mol. The third-order valence-electron chi connectivity index (χ3n) is 2.15. The fraction of sp³-hybridized carbons (Fsp3) is 0.467. The second-order valence-electron chi connectivity index (χ2n) is 4.45. The van der Waals surface area contributed by atoms with Gasteiger partial charge in [0.25, 0.3) is 0 Å². The third kappa shape index (κ3) is 5.15. The molecule has 1 aromatic carbocycles. The van der Waals surface area contributed by atoms with Crippen LogP contribution in [0.25, 0.3) is 0 Å².